The van der Waals surface area contributed by atoms with E-state index in [9.17, 15) is 4.79 Å². The zero-order valence-electron chi connectivity index (χ0n) is 19.9. The largest absolute Gasteiger partial charge is 0.298 e. The van der Waals surface area contributed by atoms with E-state index in [1.54, 1.807) is 0 Å². The number of likely N-dealkylation sites (N-methyl/N-ethyl adjacent to an activating group) is 2. The number of ketones is 1. The maximum atomic E-state index is 12.6. The van der Waals surface area contributed by atoms with Crippen molar-refractivity contribution in [2.24, 2.45) is 5.92 Å². The molecular weight excluding hydrogens is 308 g/mol. The molecule has 0 bridgehead atoms. The number of hydrogen-bond donors (Lipinski definition) is 0. The van der Waals surface area contributed by atoms with Crippen LogP contribution in [0.5, 0.6) is 0 Å². The lowest BCUT2D eigenvalue weighted by atomic mass is 9.80. The van der Waals surface area contributed by atoms with Gasteiger partial charge in [0, 0.05) is 5.54 Å². The van der Waals surface area contributed by atoms with E-state index in [4.69, 9.17) is 0 Å². The molecule has 0 fully saturated rings. The van der Waals surface area contributed by atoms with E-state index >= 15 is 0 Å². The van der Waals surface area contributed by atoms with Gasteiger partial charge in [-0.2, -0.15) is 0 Å². The predicted octanol–water partition coefficient (Wildman–Crippen LogP) is 5.87. The van der Waals surface area contributed by atoms with Crippen LogP contribution in [0, 0.1) is 5.92 Å². The van der Waals surface area contributed by atoms with Crippen molar-refractivity contribution in [3.05, 3.63) is 0 Å². The molecule has 25 heavy (non-hydrogen) atoms. The van der Waals surface area contributed by atoms with Gasteiger partial charge >= 0.3 is 0 Å². The van der Waals surface area contributed by atoms with E-state index in [-0.39, 0.29) is 11.3 Å². The van der Waals surface area contributed by atoms with Crippen LogP contribution in [0.4, 0.5) is 0 Å². The molecular formula is C22H50N2O. The molecule has 0 aromatic carbocycles. The lowest BCUT2D eigenvalue weighted by Crippen LogP contribution is -2.55. The molecule has 0 aromatic heterocycles. The summed E-state index contributed by atoms with van der Waals surface area (Å²) in [5.41, 5.74) is -0.350. The van der Waals surface area contributed by atoms with Gasteiger partial charge in [-0.3, -0.25) is 14.6 Å². The molecule has 0 spiro atoms. The Morgan fingerprint density at radius 3 is 1.68 bits per heavy atom. The first-order valence-electron chi connectivity index (χ1n) is 10.4. The van der Waals surface area contributed by atoms with E-state index < -0.39 is 5.54 Å². The van der Waals surface area contributed by atoms with E-state index in [2.05, 4.69) is 39.6 Å². The van der Waals surface area contributed by atoms with Gasteiger partial charge in [0.2, 0.25) is 0 Å². The van der Waals surface area contributed by atoms with E-state index in [1.807, 2.05) is 60.5 Å². The highest BCUT2D eigenvalue weighted by Crippen LogP contribution is 2.30. The molecule has 0 aliphatic carbocycles. The van der Waals surface area contributed by atoms with Crippen LogP contribution in [-0.4, -0.2) is 54.3 Å². The first-order valence-corrected chi connectivity index (χ1v) is 10.4. The quantitative estimate of drug-likeness (QED) is 0.487. The van der Waals surface area contributed by atoms with Crippen LogP contribution in [0.25, 0.3) is 0 Å². The summed E-state index contributed by atoms with van der Waals surface area (Å²) in [6.07, 6.45) is 4.92. The second-order valence-electron chi connectivity index (χ2n) is 7.63. The average Bonchev–Trinajstić information content (AvgIpc) is 2.58. The molecule has 0 radical (unpaired) electrons. The van der Waals surface area contributed by atoms with Crippen molar-refractivity contribution in [1.29, 1.82) is 0 Å². The summed E-state index contributed by atoms with van der Waals surface area (Å²) in [6.45, 7) is 21.6. The number of nitrogens with zero attached hydrogens (tertiary/aromatic N) is 2. The van der Waals surface area contributed by atoms with Gasteiger partial charge in [0.25, 0.3) is 0 Å². The molecule has 0 N–H and O–H groups in total. The van der Waals surface area contributed by atoms with Crippen molar-refractivity contribution in [3.63, 3.8) is 0 Å². The zero-order chi connectivity index (χ0) is 20.8. The van der Waals surface area contributed by atoms with Crippen LogP contribution in [0.3, 0.4) is 0 Å². The predicted molar refractivity (Wildman–Crippen MR) is 115 cm³/mol. The molecule has 0 rings (SSSR count). The van der Waals surface area contributed by atoms with Crippen LogP contribution in [0.1, 0.15) is 94.9 Å². The summed E-state index contributed by atoms with van der Waals surface area (Å²) in [4.78, 5) is 16.9. The van der Waals surface area contributed by atoms with Crippen molar-refractivity contribution >= 4 is 5.78 Å². The maximum Gasteiger partial charge on any atom is 0.166 e. The molecule has 1 atom stereocenters. The van der Waals surface area contributed by atoms with Crippen molar-refractivity contribution in [1.82, 2.24) is 9.80 Å². The summed E-state index contributed by atoms with van der Waals surface area (Å²) in [7, 11) is 6.04. The van der Waals surface area contributed by atoms with Crippen LogP contribution < -0.4 is 0 Å². The average molecular weight is 359 g/mol. The third kappa shape index (κ3) is 9.75. The number of hydrogen-bond acceptors (Lipinski definition) is 3. The fourth-order valence-corrected chi connectivity index (χ4v) is 2.68. The number of unbranched alkanes of at least 4 members (excludes halogenated alkanes) is 1. The molecule has 3 nitrogen and oxygen atoms in total. The normalized spacial score (nSPS) is 12.9. The fourth-order valence-electron chi connectivity index (χ4n) is 2.68. The summed E-state index contributed by atoms with van der Waals surface area (Å²) in [5.74, 6) is 0.922. The van der Waals surface area contributed by atoms with Crippen LogP contribution in [0.2, 0.25) is 0 Å². The smallest absolute Gasteiger partial charge is 0.166 e. The monoisotopic (exact) mass is 358 g/mol. The number of rotatable bonds is 10. The van der Waals surface area contributed by atoms with Gasteiger partial charge in [-0.25, -0.2) is 0 Å². The van der Waals surface area contributed by atoms with Gasteiger partial charge in [-0.15, -0.1) is 0 Å². The van der Waals surface area contributed by atoms with E-state index in [0.717, 1.165) is 0 Å². The molecule has 0 saturated heterocycles. The first-order chi connectivity index (χ1) is 11.5. The minimum absolute atomic E-state index is 0.0575. The molecule has 1 unspecified atom stereocenters. The summed E-state index contributed by atoms with van der Waals surface area (Å²) in [6, 6.07) is 0. The van der Waals surface area contributed by atoms with Crippen molar-refractivity contribution in [2.75, 3.05) is 27.7 Å². The van der Waals surface area contributed by atoms with Crippen molar-refractivity contribution in [2.45, 2.75) is 106 Å². The summed E-state index contributed by atoms with van der Waals surface area (Å²) < 4.78 is 0. The Hall–Kier alpha value is -0.410. The second-order valence-corrected chi connectivity index (χ2v) is 7.63. The Kier molecular flexibility index (Phi) is 17.3. The molecule has 0 saturated carbocycles. The van der Waals surface area contributed by atoms with Crippen LogP contribution in [0.15, 0.2) is 0 Å². The topological polar surface area (TPSA) is 23.6 Å². The summed E-state index contributed by atoms with van der Waals surface area (Å²) >= 11 is 0. The van der Waals surface area contributed by atoms with Crippen LogP contribution >= 0.6 is 0 Å². The van der Waals surface area contributed by atoms with Crippen molar-refractivity contribution < 1.29 is 4.79 Å². The van der Waals surface area contributed by atoms with Gasteiger partial charge in [0.15, 0.2) is 5.78 Å². The number of carbonyl (C=O) groups excluding carboxylic acids is 1. The first kappa shape index (κ1) is 29.4. The third-order valence-corrected chi connectivity index (χ3v) is 5.56. The van der Waals surface area contributed by atoms with E-state index in [0.29, 0.717) is 12.5 Å². The molecule has 0 amide bonds. The van der Waals surface area contributed by atoms with Crippen molar-refractivity contribution in [3.8, 4) is 0 Å². The zero-order valence-corrected chi connectivity index (χ0v) is 19.9. The third-order valence-electron chi connectivity index (χ3n) is 5.56. The fraction of sp³-hybridized carbons (Fsp3) is 0.955. The lowest BCUT2D eigenvalue weighted by Gasteiger charge is -2.43. The molecule has 0 aromatic rings. The number of Topliss-reactive ketones (excluding diaryl/α,β-unsaturated/α-hetero) is 1. The summed E-state index contributed by atoms with van der Waals surface area (Å²) in [5, 5.41) is 0. The Balaban J connectivity index is -0.00000112. The highest BCUT2D eigenvalue weighted by Gasteiger charge is 2.36. The second kappa shape index (κ2) is 14.7. The minimum atomic E-state index is -0.407. The van der Waals surface area contributed by atoms with Gasteiger partial charge in [0.05, 0.1) is 12.1 Å². The maximum absolute atomic E-state index is 12.6. The van der Waals surface area contributed by atoms with Crippen LogP contribution in [-0.2, 0) is 4.79 Å². The Labute approximate surface area is 160 Å². The Bertz CT molecular complexity index is 322. The number of carbonyl (C=O) groups is 1. The van der Waals surface area contributed by atoms with Gasteiger partial charge in [-0.1, -0.05) is 60.8 Å². The Morgan fingerprint density at radius 1 is 0.920 bits per heavy atom. The molecule has 0 aliphatic heterocycles. The highest BCUT2D eigenvalue weighted by molar-refractivity contribution is 5.89. The van der Waals surface area contributed by atoms with Gasteiger partial charge in [-0.05, 0) is 61.2 Å². The van der Waals surface area contributed by atoms with E-state index in [1.165, 1.54) is 25.7 Å². The molecule has 0 heterocycles. The van der Waals surface area contributed by atoms with Gasteiger partial charge < -0.3 is 0 Å². The highest BCUT2D eigenvalue weighted by atomic mass is 16.1. The molecule has 3 heteroatoms. The minimum Gasteiger partial charge on any atom is -0.298 e. The Morgan fingerprint density at radius 2 is 1.36 bits per heavy atom. The standard InChI is InChI=1S/C18H38N2O.2C2H6/c1-10-12-13-15(11-2)17(3,4)20(9)14-16(21)18(5,6)19(7)8;2*1-2/h15H,10-14H2,1-9H3;2*1-2H3. The molecule has 0 aliphatic rings. The molecule has 154 valence electrons. The lowest BCUT2D eigenvalue weighted by molar-refractivity contribution is -0.130. The van der Waals surface area contributed by atoms with Gasteiger partial charge in [0.1, 0.15) is 0 Å². The SMILES string of the molecule is CC.CC.CCCCC(CC)C(C)(C)N(C)CC(=O)C(C)(C)N(C)C.